The maximum absolute atomic E-state index is 12.2. The third-order valence-corrected chi connectivity index (χ3v) is 5.64. The molecular weight excluding hydrogens is 384 g/mol. The molecule has 0 aliphatic carbocycles. The van der Waals surface area contributed by atoms with Gasteiger partial charge in [0.05, 0.1) is 12.5 Å². The Morgan fingerprint density at radius 3 is 1.42 bits per heavy atom. The second-order valence-corrected chi connectivity index (χ2v) is 7.69. The summed E-state index contributed by atoms with van der Waals surface area (Å²) in [6.45, 7) is 6.95. The van der Waals surface area contributed by atoms with Crippen LogP contribution in [0.1, 0.15) is 30.5 Å². The molecule has 1 unspecified atom stereocenters. The Hall–Kier alpha value is -3.30. The second kappa shape index (κ2) is 10.1. The molecule has 0 saturated heterocycles. The summed E-state index contributed by atoms with van der Waals surface area (Å²) in [5.41, 5.74) is 2.01. The molecule has 3 rings (SSSR count). The maximum Gasteiger partial charge on any atom is 0.143 e. The van der Waals surface area contributed by atoms with Crippen LogP contribution >= 0.6 is 0 Å². The molecule has 3 aromatic rings. The highest BCUT2D eigenvalue weighted by molar-refractivity contribution is 6.00. The number of ketones is 2. The van der Waals surface area contributed by atoms with Gasteiger partial charge in [-0.05, 0) is 30.5 Å². The predicted octanol–water partition coefficient (Wildman–Crippen LogP) is 5.59. The molecule has 0 bridgehead atoms. The molecule has 3 heteroatoms. The van der Waals surface area contributed by atoms with Gasteiger partial charge in [0, 0.05) is 5.92 Å². The van der Waals surface area contributed by atoms with E-state index in [-0.39, 0.29) is 18.2 Å². The molecular formula is C28H28O3. The Morgan fingerprint density at radius 1 is 0.774 bits per heavy atom. The smallest absolute Gasteiger partial charge is 0.143 e. The number of rotatable bonds is 10. The third kappa shape index (κ3) is 4.73. The molecule has 3 aromatic carbocycles. The molecule has 0 radical (unpaired) electrons. The van der Waals surface area contributed by atoms with Gasteiger partial charge in [0.2, 0.25) is 0 Å². The Balaban J connectivity index is 2.15. The molecule has 158 valence electrons. The molecule has 0 aliphatic rings. The SMILES string of the molecule is C=CC(COC(c1ccccc1)(c1ccccc1)c1ccccc1)C(C(C)=O)C(C)=O. The van der Waals surface area contributed by atoms with E-state index in [0.717, 1.165) is 16.7 Å². The van der Waals surface area contributed by atoms with E-state index in [1.54, 1.807) is 6.08 Å². The van der Waals surface area contributed by atoms with Gasteiger partial charge in [-0.1, -0.05) is 97.1 Å². The molecule has 0 heterocycles. The first-order valence-electron chi connectivity index (χ1n) is 10.4. The van der Waals surface area contributed by atoms with Gasteiger partial charge >= 0.3 is 0 Å². The topological polar surface area (TPSA) is 43.4 Å². The van der Waals surface area contributed by atoms with Gasteiger partial charge in [0.1, 0.15) is 17.2 Å². The van der Waals surface area contributed by atoms with E-state index in [0.29, 0.717) is 0 Å². The van der Waals surface area contributed by atoms with Crippen LogP contribution in [0.3, 0.4) is 0 Å². The lowest BCUT2D eigenvalue weighted by Gasteiger charge is -2.37. The summed E-state index contributed by atoms with van der Waals surface area (Å²) in [6, 6.07) is 30.0. The molecule has 0 aromatic heterocycles. The first kappa shape index (κ1) is 22.4. The van der Waals surface area contributed by atoms with Crippen molar-refractivity contribution in [2.24, 2.45) is 11.8 Å². The lowest BCUT2D eigenvalue weighted by Crippen LogP contribution is -2.37. The fourth-order valence-corrected chi connectivity index (χ4v) is 4.18. The Morgan fingerprint density at radius 2 is 1.13 bits per heavy atom. The number of hydrogen-bond acceptors (Lipinski definition) is 3. The lowest BCUT2D eigenvalue weighted by atomic mass is 9.79. The third-order valence-electron chi connectivity index (χ3n) is 5.64. The second-order valence-electron chi connectivity index (χ2n) is 7.69. The minimum absolute atomic E-state index is 0.173. The van der Waals surface area contributed by atoms with Crippen molar-refractivity contribution in [1.29, 1.82) is 0 Å². The van der Waals surface area contributed by atoms with E-state index in [9.17, 15) is 9.59 Å². The number of carbonyl (C=O) groups is 2. The highest BCUT2D eigenvalue weighted by Gasteiger charge is 2.39. The van der Waals surface area contributed by atoms with E-state index in [4.69, 9.17) is 4.74 Å². The summed E-state index contributed by atoms with van der Waals surface area (Å²) >= 11 is 0. The van der Waals surface area contributed by atoms with Crippen LogP contribution in [0.5, 0.6) is 0 Å². The molecule has 31 heavy (non-hydrogen) atoms. The molecule has 0 fully saturated rings. The van der Waals surface area contributed by atoms with Crippen LogP contribution in [0, 0.1) is 11.8 Å². The van der Waals surface area contributed by atoms with Crippen LogP contribution in [0.2, 0.25) is 0 Å². The van der Waals surface area contributed by atoms with Crippen molar-refractivity contribution >= 4 is 11.6 Å². The molecule has 0 amide bonds. The van der Waals surface area contributed by atoms with Gasteiger partial charge in [0.15, 0.2) is 0 Å². The van der Waals surface area contributed by atoms with E-state index in [2.05, 4.69) is 6.58 Å². The number of ether oxygens (including phenoxy) is 1. The summed E-state index contributed by atoms with van der Waals surface area (Å²) in [5.74, 6) is -1.54. The standard InChI is InChI=1S/C28H28O3/c1-4-23(27(21(2)29)22(3)30)20-31-28(24-14-8-5-9-15-24,25-16-10-6-11-17-25)26-18-12-7-13-19-26/h4-19,23,27H,1,20H2,2-3H3. The largest absolute Gasteiger partial charge is 0.360 e. The molecule has 0 spiro atoms. The fraction of sp³-hybridized carbons (Fsp3) is 0.214. The minimum atomic E-state index is -0.900. The van der Waals surface area contributed by atoms with Crippen molar-refractivity contribution in [2.75, 3.05) is 6.61 Å². The summed E-state index contributed by atoms with van der Waals surface area (Å²) < 4.78 is 6.75. The van der Waals surface area contributed by atoms with Gasteiger partial charge in [0.25, 0.3) is 0 Å². The summed E-state index contributed by atoms with van der Waals surface area (Å²) in [4.78, 5) is 24.4. The number of carbonyl (C=O) groups excluding carboxylic acids is 2. The van der Waals surface area contributed by atoms with Crippen molar-refractivity contribution in [1.82, 2.24) is 0 Å². The zero-order valence-corrected chi connectivity index (χ0v) is 18.0. The van der Waals surface area contributed by atoms with Gasteiger partial charge in [-0.3, -0.25) is 9.59 Å². The molecule has 0 aliphatic heterocycles. The zero-order chi connectivity index (χ0) is 22.3. The van der Waals surface area contributed by atoms with Crippen molar-refractivity contribution in [3.05, 3.63) is 120 Å². The van der Waals surface area contributed by atoms with Gasteiger partial charge in [-0.25, -0.2) is 0 Å². The Kier molecular flexibility index (Phi) is 7.32. The highest BCUT2D eigenvalue weighted by atomic mass is 16.5. The maximum atomic E-state index is 12.2. The summed E-state index contributed by atoms with van der Waals surface area (Å²) in [5, 5.41) is 0. The van der Waals surface area contributed by atoms with E-state index < -0.39 is 17.4 Å². The van der Waals surface area contributed by atoms with Crippen LogP contribution in [0.4, 0.5) is 0 Å². The first-order valence-corrected chi connectivity index (χ1v) is 10.4. The fourth-order valence-electron chi connectivity index (χ4n) is 4.18. The number of Topliss-reactive ketones (excluding diaryl/α,β-unsaturated/α-hetero) is 2. The van der Waals surface area contributed by atoms with E-state index in [1.807, 2.05) is 91.0 Å². The van der Waals surface area contributed by atoms with Gasteiger partial charge < -0.3 is 4.74 Å². The van der Waals surface area contributed by atoms with Gasteiger partial charge in [-0.15, -0.1) is 6.58 Å². The molecule has 1 atom stereocenters. The predicted molar refractivity (Wildman–Crippen MR) is 124 cm³/mol. The van der Waals surface area contributed by atoms with Crippen molar-refractivity contribution in [2.45, 2.75) is 19.4 Å². The average molecular weight is 413 g/mol. The van der Waals surface area contributed by atoms with E-state index >= 15 is 0 Å². The number of hydrogen-bond donors (Lipinski definition) is 0. The highest BCUT2D eigenvalue weighted by Crippen LogP contribution is 2.41. The minimum Gasteiger partial charge on any atom is -0.360 e. The first-order chi connectivity index (χ1) is 15.0. The summed E-state index contributed by atoms with van der Waals surface area (Å²) in [7, 11) is 0. The van der Waals surface area contributed by atoms with Crippen LogP contribution in [0.25, 0.3) is 0 Å². The normalized spacial score (nSPS) is 12.4. The Bertz CT molecular complexity index is 899. The van der Waals surface area contributed by atoms with Crippen LogP contribution in [-0.4, -0.2) is 18.2 Å². The lowest BCUT2D eigenvalue weighted by molar-refractivity contribution is -0.133. The van der Waals surface area contributed by atoms with Crippen molar-refractivity contribution in [3.8, 4) is 0 Å². The zero-order valence-electron chi connectivity index (χ0n) is 18.0. The molecule has 0 N–H and O–H groups in total. The van der Waals surface area contributed by atoms with Crippen molar-refractivity contribution < 1.29 is 14.3 Å². The quantitative estimate of drug-likeness (QED) is 0.248. The van der Waals surface area contributed by atoms with Crippen molar-refractivity contribution in [3.63, 3.8) is 0 Å². The monoisotopic (exact) mass is 412 g/mol. The molecule has 3 nitrogen and oxygen atoms in total. The van der Waals surface area contributed by atoms with Crippen LogP contribution in [0.15, 0.2) is 104 Å². The molecule has 0 saturated carbocycles. The average Bonchev–Trinajstić information content (AvgIpc) is 2.80. The Labute approximate surface area is 184 Å². The van der Waals surface area contributed by atoms with Gasteiger partial charge in [-0.2, -0.15) is 0 Å². The van der Waals surface area contributed by atoms with Crippen LogP contribution < -0.4 is 0 Å². The van der Waals surface area contributed by atoms with E-state index in [1.165, 1.54) is 13.8 Å². The summed E-state index contributed by atoms with van der Waals surface area (Å²) in [6.07, 6.45) is 1.65. The van der Waals surface area contributed by atoms with Crippen LogP contribution in [-0.2, 0) is 19.9 Å². The number of benzene rings is 3.